The highest BCUT2D eigenvalue weighted by atomic mass is 16.4. The predicted molar refractivity (Wildman–Crippen MR) is 133 cm³/mol. The molecule has 2 N–H and O–H groups in total. The lowest BCUT2D eigenvalue weighted by Crippen LogP contribution is -2.68. The number of rotatable bonds is 1. The van der Waals surface area contributed by atoms with Crippen LogP contribution >= 0.6 is 0 Å². The summed E-state index contributed by atoms with van der Waals surface area (Å²) >= 11 is 0. The zero-order valence-corrected chi connectivity index (χ0v) is 22.5. The average molecular weight is 471 g/mol. The lowest BCUT2D eigenvalue weighted by Gasteiger charge is -2.71. The van der Waals surface area contributed by atoms with Crippen LogP contribution in [0.1, 0.15) is 106 Å². The van der Waals surface area contributed by atoms with Gasteiger partial charge in [-0.05, 0) is 84.9 Å². The molecule has 0 aromatic carbocycles. The molecule has 4 nitrogen and oxygen atoms in total. The SMILES string of the molecule is CC1(C)CC[C@]2(C(=O)O)CC[C@]3(C)C(=CC[C@@H]4[C@@]5(C)CCC(=O)C(C)(C)C5[C@H](O)C[C@]43C)[C@H]2C1. The van der Waals surface area contributed by atoms with Crippen molar-refractivity contribution in [3.63, 3.8) is 0 Å². The van der Waals surface area contributed by atoms with Crippen LogP contribution in [0.5, 0.6) is 0 Å². The molecule has 8 atom stereocenters. The molecule has 190 valence electrons. The van der Waals surface area contributed by atoms with Crippen molar-refractivity contribution in [3.05, 3.63) is 11.6 Å². The van der Waals surface area contributed by atoms with Gasteiger partial charge >= 0.3 is 5.97 Å². The van der Waals surface area contributed by atoms with Crippen LogP contribution in [0.2, 0.25) is 0 Å². The normalized spacial score (nSPS) is 51.3. The van der Waals surface area contributed by atoms with E-state index < -0.39 is 22.9 Å². The highest BCUT2D eigenvalue weighted by molar-refractivity contribution is 5.85. The van der Waals surface area contributed by atoms with E-state index in [9.17, 15) is 19.8 Å². The third-order valence-corrected chi connectivity index (χ3v) is 12.7. The van der Waals surface area contributed by atoms with Gasteiger partial charge in [0.1, 0.15) is 5.78 Å². The highest BCUT2D eigenvalue weighted by Crippen LogP contribution is 2.75. The summed E-state index contributed by atoms with van der Waals surface area (Å²) in [6.45, 7) is 15.9. The van der Waals surface area contributed by atoms with Gasteiger partial charge in [-0.3, -0.25) is 9.59 Å². The lowest BCUT2D eigenvalue weighted by molar-refractivity contribution is -0.220. The molecule has 5 aliphatic carbocycles. The molecule has 1 unspecified atom stereocenters. The largest absolute Gasteiger partial charge is 0.481 e. The zero-order valence-electron chi connectivity index (χ0n) is 22.5. The lowest BCUT2D eigenvalue weighted by atomic mass is 9.33. The van der Waals surface area contributed by atoms with Gasteiger partial charge in [0.2, 0.25) is 0 Å². The van der Waals surface area contributed by atoms with Crippen LogP contribution in [0, 0.1) is 50.2 Å². The molecule has 0 aromatic rings. The predicted octanol–water partition coefficient (Wildman–Crippen LogP) is 6.41. The Kier molecular flexibility index (Phi) is 5.04. The minimum Gasteiger partial charge on any atom is -0.481 e. The summed E-state index contributed by atoms with van der Waals surface area (Å²) in [4.78, 5) is 25.7. The maximum atomic E-state index is 12.9. The minimum absolute atomic E-state index is 0.0202. The van der Waals surface area contributed by atoms with Gasteiger partial charge in [0, 0.05) is 17.8 Å². The maximum absolute atomic E-state index is 12.9. The number of aliphatic hydroxyl groups is 1. The molecule has 0 saturated heterocycles. The second-order valence-corrected chi connectivity index (χ2v) is 15.0. The first-order valence-electron chi connectivity index (χ1n) is 13.7. The van der Waals surface area contributed by atoms with Gasteiger partial charge in [0.15, 0.2) is 0 Å². The van der Waals surface area contributed by atoms with Crippen molar-refractivity contribution < 1.29 is 19.8 Å². The first-order valence-corrected chi connectivity index (χ1v) is 13.7. The Morgan fingerprint density at radius 3 is 2.24 bits per heavy atom. The minimum atomic E-state index is -0.636. The van der Waals surface area contributed by atoms with Crippen LogP contribution in [-0.2, 0) is 9.59 Å². The van der Waals surface area contributed by atoms with Crippen molar-refractivity contribution >= 4 is 11.8 Å². The van der Waals surface area contributed by atoms with E-state index >= 15 is 0 Å². The van der Waals surface area contributed by atoms with Gasteiger partial charge in [-0.2, -0.15) is 0 Å². The molecular weight excluding hydrogens is 424 g/mol. The van der Waals surface area contributed by atoms with Gasteiger partial charge < -0.3 is 10.2 Å². The van der Waals surface area contributed by atoms with Gasteiger partial charge in [0.25, 0.3) is 0 Å². The first-order chi connectivity index (χ1) is 15.6. The van der Waals surface area contributed by atoms with E-state index in [1.165, 1.54) is 5.57 Å². The molecule has 0 aliphatic heterocycles. The summed E-state index contributed by atoms with van der Waals surface area (Å²) in [5, 5.41) is 22.2. The quantitative estimate of drug-likeness (QED) is 0.434. The Balaban J connectivity index is 1.63. The second kappa shape index (κ2) is 6.99. The van der Waals surface area contributed by atoms with Crippen molar-refractivity contribution in [1.29, 1.82) is 0 Å². The smallest absolute Gasteiger partial charge is 0.310 e. The van der Waals surface area contributed by atoms with Gasteiger partial charge in [-0.25, -0.2) is 0 Å². The number of aliphatic hydroxyl groups excluding tert-OH is 1. The molecule has 4 heteroatoms. The van der Waals surface area contributed by atoms with E-state index in [1.807, 2.05) is 0 Å². The first kappa shape index (κ1) is 24.5. The van der Waals surface area contributed by atoms with Crippen LogP contribution in [-0.4, -0.2) is 28.1 Å². The van der Waals surface area contributed by atoms with Crippen molar-refractivity contribution in [2.45, 2.75) is 112 Å². The summed E-state index contributed by atoms with van der Waals surface area (Å²) in [7, 11) is 0. The standard InChI is InChI=1S/C30H46O4/c1-25(2)12-14-30(24(33)34)15-13-28(6)18(19(30)16-25)8-9-21-27(5)11-10-22(32)26(3,4)23(27)20(31)17-29(21,28)7/h8,19-21,23,31H,9-17H2,1-7H3,(H,33,34)/t19-,20-,21-,23?,27-,28-,29-,30+/m1/s1. The molecule has 0 aromatic heterocycles. The molecule has 0 bridgehead atoms. The Labute approximate surface area is 206 Å². The fraction of sp³-hybridized carbons (Fsp3) is 0.867. The summed E-state index contributed by atoms with van der Waals surface area (Å²) in [6, 6.07) is 0. The number of Topliss-reactive ketones (excluding diaryl/α,β-unsaturated/α-hetero) is 1. The topological polar surface area (TPSA) is 74.6 Å². The number of aliphatic carboxylic acids is 1. The van der Waals surface area contributed by atoms with Crippen molar-refractivity contribution in [2.75, 3.05) is 0 Å². The fourth-order valence-electron chi connectivity index (χ4n) is 10.6. The molecule has 34 heavy (non-hydrogen) atoms. The molecular formula is C30H46O4. The van der Waals surface area contributed by atoms with Gasteiger partial charge in [-0.15, -0.1) is 0 Å². The number of allylic oxidation sites excluding steroid dienone is 2. The molecule has 0 heterocycles. The highest BCUT2D eigenvalue weighted by Gasteiger charge is 2.71. The zero-order chi connectivity index (χ0) is 25.1. The molecule has 5 rings (SSSR count). The Hall–Kier alpha value is -1.16. The van der Waals surface area contributed by atoms with E-state index in [1.54, 1.807) is 0 Å². The van der Waals surface area contributed by atoms with Gasteiger partial charge in [0.05, 0.1) is 11.5 Å². The van der Waals surface area contributed by atoms with Crippen LogP contribution < -0.4 is 0 Å². The molecule has 4 fully saturated rings. The number of carboxylic acid groups (broad SMARTS) is 1. The summed E-state index contributed by atoms with van der Waals surface area (Å²) < 4.78 is 0. The Morgan fingerprint density at radius 1 is 0.941 bits per heavy atom. The monoisotopic (exact) mass is 470 g/mol. The van der Waals surface area contributed by atoms with Crippen molar-refractivity contribution in [2.24, 2.45) is 50.2 Å². The number of hydrogen-bond donors (Lipinski definition) is 2. The second-order valence-electron chi connectivity index (χ2n) is 15.0. The van der Waals surface area contributed by atoms with E-state index in [0.717, 1.165) is 44.9 Å². The number of carbonyl (C=O) groups excluding carboxylic acids is 1. The van der Waals surface area contributed by atoms with Crippen LogP contribution in [0.25, 0.3) is 0 Å². The fourth-order valence-corrected chi connectivity index (χ4v) is 10.6. The van der Waals surface area contributed by atoms with Crippen LogP contribution in [0.15, 0.2) is 11.6 Å². The molecule has 5 aliphatic rings. The van der Waals surface area contributed by atoms with Crippen molar-refractivity contribution in [3.8, 4) is 0 Å². The van der Waals surface area contributed by atoms with E-state index in [4.69, 9.17) is 0 Å². The maximum Gasteiger partial charge on any atom is 0.310 e. The van der Waals surface area contributed by atoms with Crippen LogP contribution in [0.4, 0.5) is 0 Å². The third kappa shape index (κ3) is 2.81. The summed E-state index contributed by atoms with van der Waals surface area (Å²) in [5.74, 6) is 0.143. The Bertz CT molecular complexity index is 961. The Morgan fingerprint density at radius 2 is 1.59 bits per heavy atom. The molecule has 0 amide bonds. The average Bonchev–Trinajstić information content (AvgIpc) is 2.70. The van der Waals surface area contributed by atoms with Crippen LogP contribution in [0.3, 0.4) is 0 Å². The summed E-state index contributed by atoms with van der Waals surface area (Å²) in [6.07, 6.45) is 9.35. The number of carbonyl (C=O) groups is 2. The van der Waals surface area contributed by atoms with Gasteiger partial charge in [-0.1, -0.05) is 60.1 Å². The number of ketones is 1. The van der Waals surface area contributed by atoms with E-state index in [0.29, 0.717) is 24.5 Å². The summed E-state index contributed by atoms with van der Waals surface area (Å²) in [5.41, 5.74) is 0.0744. The third-order valence-electron chi connectivity index (χ3n) is 12.7. The molecule has 0 radical (unpaired) electrons. The molecule has 4 saturated carbocycles. The van der Waals surface area contributed by atoms with E-state index in [-0.39, 0.29) is 33.5 Å². The van der Waals surface area contributed by atoms with Crippen molar-refractivity contribution in [1.82, 2.24) is 0 Å². The van der Waals surface area contributed by atoms with E-state index in [2.05, 4.69) is 54.5 Å². The molecule has 0 spiro atoms. The number of fused-ring (bicyclic) bond motifs is 7. The number of hydrogen-bond acceptors (Lipinski definition) is 3. The number of carboxylic acids is 1.